The van der Waals surface area contributed by atoms with Gasteiger partial charge in [-0.1, -0.05) is 32.0 Å². The van der Waals surface area contributed by atoms with Gasteiger partial charge in [0.2, 0.25) is 0 Å². The largest absolute Gasteiger partial charge is 0.469 e. The van der Waals surface area contributed by atoms with Crippen LogP contribution in [0, 0.1) is 17.7 Å². The second-order valence-corrected chi connectivity index (χ2v) is 10.8. The van der Waals surface area contributed by atoms with Gasteiger partial charge in [-0.3, -0.25) is 4.79 Å². The molecule has 1 aliphatic carbocycles. The van der Waals surface area contributed by atoms with Gasteiger partial charge in [0.15, 0.2) is 0 Å². The van der Waals surface area contributed by atoms with Crippen molar-refractivity contribution in [2.24, 2.45) is 11.8 Å². The van der Waals surface area contributed by atoms with Crippen molar-refractivity contribution in [2.75, 3.05) is 13.7 Å². The molecule has 1 saturated heterocycles. The van der Waals surface area contributed by atoms with Gasteiger partial charge in [0.25, 0.3) is 5.82 Å². The molecule has 2 unspecified atom stereocenters. The highest BCUT2D eigenvalue weighted by Crippen LogP contribution is 2.54. The first-order chi connectivity index (χ1) is 18.5. The molecule has 1 spiro atoms. The van der Waals surface area contributed by atoms with E-state index < -0.39 is 17.6 Å². The van der Waals surface area contributed by atoms with E-state index in [9.17, 15) is 22.4 Å². The first-order valence-corrected chi connectivity index (χ1v) is 13.0. The van der Waals surface area contributed by atoms with Crippen LogP contribution in [0.4, 0.5) is 17.6 Å². The molecule has 2 heterocycles. The molecule has 0 radical (unpaired) electrons. The van der Waals surface area contributed by atoms with E-state index in [1.54, 1.807) is 24.3 Å². The highest BCUT2D eigenvalue weighted by Gasteiger charge is 2.56. The topological polar surface area (TPSA) is 79.1 Å². The normalized spacial score (nSPS) is 25.1. The Bertz CT molecular complexity index is 1340. The molecule has 0 bridgehead atoms. The van der Waals surface area contributed by atoms with Gasteiger partial charge in [0.05, 0.1) is 30.9 Å². The molecule has 0 amide bonds. The summed E-state index contributed by atoms with van der Waals surface area (Å²) in [7, 11) is 1.37. The van der Waals surface area contributed by atoms with Crippen LogP contribution in [0.5, 0.6) is 0 Å². The molecule has 2 aliphatic rings. The van der Waals surface area contributed by atoms with Gasteiger partial charge in [0.1, 0.15) is 5.82 Å². The number of carbonyl (C=O) groups is 1. The summed E-state index contributed by atoms with van der Waals surface area (Å²) in [4.78, 5) is 12.7. The summed E-state index contributed by atoms with van der Waals surface area (Å²) in [5, 5.41) is 10.0. The smallest absolute Gasteiger partial charge is 0.453 e. The number of halogens is 4. The van der Waals surface area contributed by atoms with Gasteiger partial charge in [-0.25, -0.2) is 4.39 Å². The second-order valence-electron chi connectivity index (χ2n) is 10.8. The van der Waals surface area contributed by atoms with E-state index >= 15 is 0 Å². The minimum Gasteiger partial charge on any atom is -0.469 e. The van der Waals surface area contributed by atoms with Crippen LogP contribution in [-0.2, 0) is 26.9 Å². The second kappa shape index (κ2) is 10.3. The Morgan fingerprint density at radius 1 is 1.21 bits per heavy atom. The maximum absolute atomic E-state index is 13.5. The molecule has 0 N–H and O–H groups in total. The lowest BCUT2D eigenvalue weighted by atomic mass is 9.76. The lowest BCUT2D eigenvalue weighted by Crippen LogP contribution is -2.38. The van der Waals surface area contributed by atoms with E-state index in [1.165, 1.54) is 19.2 Å². The van der Waals surface area contributed by atoms with Gasteiger partial charge in [-0.05, 0) is 83.0 Å². The Morgan fingerprint density at radius 3 is 2.62 bits per heavy atom. The van der Waals surface area contributed by atoms with E-state index in [4.69, 9.17) is 9.47 Å². The van der Waals surface area contributed by atoms with Crippen molar-refractivity contribution in [3.8, 4) is 5.69 Å². The first-order valence-electron chi connectivity index (χ1n) is 13.0. The Kier molecular flexibility index (Phi) is 7.21. The van der Waals surface area contributed by atoms with Crippen molar-refractivity contribution in [3.63, 3.8) is 0 Å². The highest BCUT2D eigenvalue weighted by atomic mass is 19.4. The zero-order valence-corrected chi connectivity index (χ0v) is 21.9. The number of rotatable bonds is 6. The van der Waals surface area contributed by atoms with Crippen molar-refractivity contribution in [1.82, 2.24) is 20.2 Å². The summed E-state index contributed by atoms with van der Waals surface area (Å²) in [6.07, 6.45) is -2.35. The number of benzene rings is 2. The fourth-order valence-corrected chi connectivity index (χ4v) is 6.33. The Balaban J connectivity index is 1.49. The van der Waals surface area contributed by atoms with E-state index in [0.29, 0.717) is 37.0 Å². The lowest BCUT2D eigenvalue weighted by molar-refractivity contribution is -0.149. The minimum absolute atomic E-state index is 0.111. The van der Waals surface area contributed by atoms with Gasteiger partial charge in [-0.15, -0.1) is 5.10 Å². The van der Waals surface area contributed by atoms with Gasteiger partial charge >= 0.3 is 12.1 Å². The summed E-state index contributed by atoms with van der Waals surface area (Å²) in [6.45, 7) is 4.42. The molecule has 39 heavy (non-hydrogen) atoms. The van der Waals surface area contributed by atoms with E-state index in [0.717, 1.165) is 16.7 Å². The summed E-state index contributed by atoms with van der Waals surface area (Å²) in [5.41, 5.74) is 2.38. The van der Waals surface area contributed by atoms with Crippen molar-refractivity contribution in [1.29, 1.82) is 0 Å². The Hall–Kier alpha value is -3.34. The fraction of sp³-hybridized carbons (Fsp3) is 0.500. The lowest BCUT2D eigenvalue weighted by Gasteiger charge is -2.33. The van der Waals surface area contributed by atoms with Crippen LogP contribution in [0.3, 0.4) is 0 Å². The number of hydrogen-bond donors (Lipinski definition) is 0. The molecule has 1 aromatic heterocycles. The SMILES string of the molecule is COC(=O)C1CC[C@@]2(CC(c3cc(-n4nnnc4C(F)(F)F)ccc3C(C)C)CO2)[C@@H]1Cc1ccc(F)cc1. The van der Waals surface area contributed by atoms with Gasteiger partial charge in [-0.2, -0.15) is 17.9 Å². The standard InChI is InChI=1S/C28H30F4N4O3/c1-16(2)21-9-8-20(36-26(28(30,31)32)33-34-35-36)13-23(21)18-14-27(39-15-18)11-10-22(25(37)38-3)24(27)12-17-4-6-19(29)7-5-17/h4-9,13,16,18,22,24H,10-12,14-15H2,1-3H3/t18?,22?,24-,27-/m1/s1. The fourth-order valence-electron chi connectivity index (χ4n) is 6.33. The van der Waals surface area contributed by atoms with Crippen LogP contribution in [-0.4, -0.2) is 45.5 Å². The number of nitrogens with zero attached hydrogens (tertiary/aromatic N) is 4. The number of ether oxygens (including phenoxy) is 2. The molecule has 11 heteroatoms. The Labute approximate surface area is 223 Å². The number of carbonyl (C=O) groups excluding carboxylic acids is 1. The number of methoxy groups -OCH3 is 1. The minimum atomic E-state index is -4.71. The van der Waals surface area contributed by atoms with Crippen LogP contribution in [0.2, 0.25) is 0 Å². The van der Waals surface area contributed by atoms with Crippen molar-refractivity contribution < 1.29 is 31.8 Å². The van der Waals surface area contributed by atoms with Crippen molar-refractivity contribution in [3.05, 3.63) is 70.8 Å². The highest BCUT2D eigenvalue weighted by molar-refractivity contribution is 5.73. The van der Waals surface area contributed by atoms with Gasteiger partial charge in [0, 0.05) is 11.8 Å². The third-order valence-corrected chi connectivity index (χ3v) is 8.18. The maximum atomic E-state index is 13.5. The molecule has 3 aromatic rings. The summed E-state index contributed by atoms with van der Waals surface area (Å²) in [6, 6.07) is 11.4. The molecule has 5 rings (SSSR count). The quantitative estimate of drug-likeness (QED) is 0.295. The molecule has 208 valence electrons. The zero-order chi connectivity index (χ0) is 27.9. The van der Waals surface area contributed by atoms with E-state index in [1.807, 2.05) is 19.9 Å². The molecule has 1 aliphatic heterocycles. The summed E-state index contributed by atoms with van der Waals surface area (Å²) in [5.74, 6) is -2.38. The predicted octanol–water partition coefficient (Wildman–Crippen LogP) is 5.63. The third-order valence-electron chi connectivity index (χ3n) is 8.18. The van der Waals surface area contributed by atoms with Crippen molar-refractivity contribution >= 4 is 5.97 Å². The third kappa shape index (κ3) is 5.16. The van der Waals surface area contributed by atoms with Crippen molar-refractivity contribution in [2.45, 2.75) is 63.1 Å². The molecular weight excluding hydrogens is 516 g/mol. The maximum Gasteiger partial charge on any atom is 0.453 e. The molecule has 4 atom stereocenters. The molecule has 1 saturated carbocycles. The van der Waals surface area contributed by atoms with Gasteiger partial charge < -0.3 is 9.47 Å². The monoisotopic (exact) mass is 546 g/mol. The van der Waals surface area contributed by atoms with Crippen LogP contribution in [0.25, 0.3) is 5.69 Å². The van der Waals surface area contributed by atoms with Crippen LogP contribution in [0.15, 0.2) is 42.5 Å². The molecule has 2 fully saturated rings. The Morgan fingerprint density at radius 2 is 1.95 bits per heavy atom. The molecule has 2 aromatic carbocycles. The average molecular weight is 547 g/mol. The van der Waals surface area contributed by atoms with E-state index in [-0.39, 0.29) is 41.1 Å². The first kappa shape index (κ1) is 27.2. The summed E-state index contributed by atoms with van der Waals surface area (Å²) < 4.78 is 66.4. The predicted molar refractivity (Wildman–Crippen MR) is 133 cm³/mol. The molecule has 7 nitrogen and oxygen atoms in total. The average Bonchev–Trinajstić information content (AvgIpc) is 3.64. The summed E-state index contributed by atoms with van der Waals surface area (Å²) >= 11 is 0. The van der Waals surface area contributed by atoms with Crippen LogP contribution in [0.1, 0.15) is 67.5 Å². The number of hydrogen-bond acceptors (Lipinski definition) is 6. The van der Waals surface area contributed by atoms with Crippen LogP contribution >= 0.6 is 0 Å². The number of esters is 1. The number of alkyl halides is 3. The zero-order valence-electron chi connectivity index (χ0n) is 21.9. The van der Waals surface area contributed by atoms with Crippen LogP contribution < -0.4 is 0 Å². The molecular formula is C28H30F4N4O3. The van der Waals surface area contributed by atoms with E-state index in [2.05, 4.69) is 15.5 Å². The number of aromatic nitrogens is 4. The number of tetrazole rings is 1.